The van der Waals surface area contributed by atoms with E-state index in [-0.39, 0.29) is 11.3 Å². The van der Waals surface area contributed by atoms with E-state index in [9.17, 15) is 18.0 Å². The summed E-state index contributed by atoms with van der Waals surface area (Å²) in [6, 6.07) is 7.94. The highest BCUT2D eigenvalue weighted by Gasteiger charge is 2.21. The van der Waals surface area contributed by atoms with Crippen LogP contribution in [0.5, 0.6) is 0 Å². The van der Waals surface area contributed by atoms with Gasteiger partial charge in [0.15, 0.2) is 6.61 Å². The molecule has 2 aromatic rings. The van der Waals surface area contributed by atoms with E-state index in [0.717, 1.165) is 5.56 Å². The van der Waals surface area contributed by atoms with E-state index < -0.39 is 28.5 Å². The van der Waals surface area contributed by atoms with E-state index in [1.807, 2.05) is 16.8 Å². The number of benzene rings is 1. The number of nitrogens with zero attached hydrogens (tertiary/aromatic N) is 1. The lowest BCUT2D eigenvalue weighted by molar-refractivity contribution is -0.147. The summed E-state index contributed by atoms with van der Waals surface area (Å²) in [5.41, 5.74) is 1.38. The molecule has 0 saturated heterocycles. The Bertz CT molecular complexity index is 891. The number of ether oxygens (including phenoxy) is 1. The normalized spacial score (nSPS) is 11.4. The average Bonchev–Trinajstić information content (AvgIpc) is 3.19. The van der Waals surface area contributed by atoms with Crippen LogP contribution in [0.3, 0.4) is 0 Å². The summed E-state index contributed by atoms with van der Waals surface area (Å²) >= 11 is 1.56. The van der Waals surface area contributed by atoms with Crippen molar-refractivity contribution in [3.63, 3.8) is 0 Å². The molecule has 0 aliphatic carbocycles. The highest BCUT2D eigenvalue weighted by atomic mass is 32.2. The SMILES string of the molecule is CCN(CC)S(=O)(=O)c1cccc(NC(=O)COC(=O)CCc2ccsc2)c1. The summed E-state index contributed by atoms with van der Waals surface area (Å²) in [6.45, 7) is 3.82. The standard InChI is InChI=1S/C19H24N2O5S2/c1-3-21(4-2)28(24,25)17-7-5-6-16(12-17)20-18(22)13-26-19(23)9-8-15-10-11-27-14-15/h5-7,10-12,14H,3-4,8-9,13H2,1-2H3,(H,20,22). The van der Waals surface area contributed by atoms with Crippen molar-refractivity contribution >= 4 is 38.9 Å². The molecule has 9 heteroatoms. The van der Waals surface area contributed by atoms with Crippen LogP contribution in [-0.4, -0.2) is 44.3 Å². The summed E-state index contributed by atoms with van der Waals surface area (Å²) in [5, 5.41) is 6.45. The molecule has 28 heavy (non-hydrogen) atoms. The number of aryl methyl sites for hydroxylation is 1. The first-order valence-electron chi connectivity index (χ1n) is 8.93. The molecule has 0 radical (unpaired) electrons. The molecule has 0 unspecified atom stereocenters. The monoisotopic (exact) mass is 424 g/mol. The Kier molecular flexibility index (Phi) is 8.16. The van der Waals surface area contributed by atoms with Crippen molar-refractivity contribution in [2.45, 2.75) is 31.6 Å². The number of carbonyl (C=O) groups is 2. The van der Waals surface area contributed by atoms with E-state index in [1.54, 1.807) is 37.3 Å². The molecule has 1 N–H and O–H groups in total. The first kappa shape index (κ1) is 22.1. The van der Waals surface area contributed by atoms with Crippen LogP contribution >= 0.6 is 11.3 Å². The van der Waals surface area contributed by atoms with Gasteiger partial charge >= 0.3 is 5.97 Å². The molecular weight excluding hydrogens is 400 g/mol. The number of hydrogen-bond acceptors (Lipinski definition) is 6. The fourth-order valence-corrected chi connectivity index (χ4v) is 4.75. The number of anilines is 1. The zero-order valence-electron chi connectivity index (χ0n) is 15.9. The van der Waals surface area contributed by atoms with Gasteiger partial charge in [-0.3, -0.25) is 9.59 Å². The Morgan fingerprint density at radius 1 is 1.18 bits per heavy atom. The summed E-state index contributed by atoms with van der Waals surface area (Å²) in [7, 11) is -3.62. The zero-order chi connectivity index (χ0) is 20.6. The lowest BCUT2D eigenvalue weighted by Crippen LogP contribution is -2.30. The Morgan fingerprint density at radius 2 is 1.93 bits per heavy atom. The topological polar surface area (TPSA) is 92.8 Å². The lowest BCUT2D eigenvalue weighted by atomic mass is 10.2. The first-order valence-corrected chi connectivity index (χ1v) is 11.3. The molecule has 152 valence electrons. The van der Waals surface area contributed by atoms with Crippen molar-refractivity contribution in [2.75, 3.05) is 25.0 Å². The third kappa shape index (κ3) is 6.15. The third-order valence-electron chi connectivity index (χ3n) is 4.02. The van der Waals surface area contributed by atoms with Crippen molar-refractivity contribution < 1.29 is 22.7 Å². The number of carbonyl (C=O) groups excluding carboxylic acids is 2. The van der Waals surface area contributed by atoms with Gasteiger partial charge in [-0.25, -0.2) is 8.42 Å². The van der Waals surface area contributed by atoms with Crippen molar-refractivity contribution in [1.29, 1.82) is 0 Å². The van der Waals surface area contributed by atoms with Crippen LogP contribution in [0.15, 0.2) is 46.0 Å². The predicted octanol–water partition coefficient (Wildman–Crippen LogP) is 2.89. The summed E-state index contributed by atoms with van der Waals surface area (Å²) in [4.78, 5) is 23.8. The smallest absolute Gasteiger partial charge is 0.306 e. The molecule has 1 aromatic carbocycles. The van der Waals surface area contributed by atoms with Crippen LogP contribution in [-0.2, 0) is 30.8 Å². The van der Waals surface area contributed by atoms with Gasteiger partial charge < -0.3 is 10.1 Å². The number of hydrogen-bond donors (Lipinski definition) is 1. The highest BCUT2D eigenvalue weighted by Crippen LogP contribution is 2.19. The van der Waals surface area contributed by atoms with Crippen molar-refractivity contribution in [3.05, 3.63) is 46.7 Å². The molecule has 0 spiro atoms. The van der Waals surface area contributed by atoms with Crippen LogP contribution in [0.25, 0.3) is 0 Å². The maximum absolute atomic E-state index is 12.6. The van der Waals surface area contributed by atoms with Crippen LogP contribution in [0.2, 0.25) is 0 Å². The van der Waals surface area contributed by atoms with Gasteiger partial charge in [-0.2, -0.15) is 15.6 Å². The van der Waals surface area contributed by atoms with Crippen LogP contribution in [0, 0.1) is 0 Å². The van der Waals surface area contributed by atoms with Gasteiger partial charge in [-0.15, -0.1) is 0 Å². The molecule has 0 bridgehead atoms. The van der Waals surface area contributed by atoms with Gasteiger partial charge in [-0.1, -0.05) is 19.9 Å². The summed E-state index contributed by atoms with van der Waals surface area (Å²) in [6.07, 6.45) is 0.761. The lowest BCUT2D eigenvalue weighted by Gasteiger charge is -2.18. The molecule has 0 saturated carbocycles. The van der Waals surface area contributed by atoms with Crippen LogP contribution in [0.1, 0.15) is 25.8 Å². The second-order valence-electron chi connectivity index (χ2n) is 5.96. The van der Waals surface area contributed by atoms with Gasteiger partial charge in [0.05, 0.1) is 4.90 Å². The second kappa shape index (κ2) is 10.4. The maximum Gasteiger partial charge on any atom is 0.306 e. The van der Waals surface area contributed by atoms with E-state index in [1.165, 1.54) is 16.4 Å². The molecule has 0 aliphatic rings. The van der Waals surface area contributed by atoms with E-state index >= 15 is 0 Å². The number of nitrogens with one attached hydrogen (secondary N) is 1. The Morgan fingerprint density at radius 3 is 2.57 bits per heavy atom. The van der Waals surface area contributed by atoms with Gasteiger partial charge in [-0.05, 0) is 47.0 Å². The molecule has 0 fully saturated rings. The quantitative estimate of drug-likeness (QED) is 0.592. The average molecular weight is 425 g/mol. The molecule has 7 nitrogen and oxygen atoms in total. The molecule has 1 amide bonds. The number of thiophene rings is 1. The van der Waals surface area contributed by atoms with Crippen molar-refractivity contribution in [1.82, 2.24) is 4.31 Å². The van der Waals surface area contributed by atoms with Crippen molar-refractivity contribution in [3.8, 4) is 0 Å². The second-order valence-corrected chi connectivity index (χ2v) is 8.68. The molecule has 1 aromatic heterocycles. The fourth-order valence-electron chi connectivity index (χ4n) is 2.54. The Hall–Kier alpha value is -2.23. The third-order valence-corrected chi connectivity index (χ3v) is 6.80. The largest absolute Gasteiger partial charge is 0.456 e. The number of rotatable bonds is 10. The Labute approximate surface area is 169 Å². The van der Waals surface area contributed by atoms with Gasteiger partial charge in [0.1, 0.15) is 0 Å². The van der Waals surface area contributed by atoms with Crippen molar-refractivity contribution in [2.24, 2.45) is 0 Å². The van der Waals surface area contributed by atoms with Crippen LogP contribution < -0.4 is 5.32 Å². The minimum absolute atomic E-state index is 0.0988. The highest BCUT2D eigenvalue weighted by molar-refractivity contribution is 7.89. The van der Waals surface area contributed by atoms with Gasteiger partial charge in [0.25, 0.3) is 5.91 Å². The number of sulfonamides is 1. The van der Waals surface area contributed by atoms with Gasteiger partial charge in [0, 0.05) is 25.2 Å². The minimum atomic E-state index is -3.62. The molecule has 1 heterocycles. The fraction of sp³-hybridized carbons (Fsp3) is 0.368. The summed E-state index contributed by atoms with van der Waals surface area (Å²) in [5.74, 6) is -0.986. The molecule has 0 aliphatic heterocycles. The molecular formula is C19H24N2O5S2. The number of amides is 1. The Balaban J connectivity index is 1.89. The van der Waals surface area contributed by atoms with Crippen LogP contribution in [0.4, 0.5) is 5.69 Å². The maximum atomic E-state index is 12.6. The first-order chi connectivity index (χ1) is 13.4. The number of esters is 1. The molecule has 2 rings (SSSR count). The predicted molar refractivity (Wildman–Crippen MR) is 109 cm³/mol. The molecule has 0 atom stereocenters. The van der Waals surface area contributed by atoms with Gasteiger partial charge in [0.2, 0.25) is 10.0 Å². The minimum Gasteiger partial charge on any atom is -0.456 e. The summed E-state index contributed by atoms with van der Waals surface area (Å²) < 4.78 is 31.4. The van der Waals surface area contributed by atoms with E-state index in [4.69, 9.17) is 4.74 Å². The van der Waals surface area contributed by atoms with E-state index in [2.05, 4.69) is 5.32 Å². The zero-order valence-corrected chi connectivity index (χ0v) is 17.5. The van der Waals surface area contributed by atoms with E-state index in [0.29, 0.717) is 25.2 Å².